The van der Waals surface area contributed by atoms with Crippen molar-refractivity contribution in [3.05, 3.63) is 56.0 Å². The van der Waals surface area contributed by atoms with E-state index in [-0.39, 0.29) is 5.69 Å². The molecule has 150 valence electrons. The molecule has 2 rings (SSSR count). The Morgan fingerprint density at radius 3 is 2.61 bits per heavy atom. The number of anilines is 1. The summed E-state index contributed by atoms with van der Waals surface area (Å²) >= 11 is 3.35. The lowest BCUT2D eigenvalue weighted by Crippen LogP contribution is -2.06. The number of ether oxygens (including phenoxy) is 2. The van der Waals surface area contributed by atoms with E-state index in [1.54, 1.807) is 12.1 Å². The minimum absolute atomic E-state index is 0.175. The van der Waals surface area contributed by atoms with Gasteiger partial charge >= 0.3 is 6.18 Å². The van der Waals surface area contributed by atoms with E-state index in [9.17, 15) is 23.3 Å². The maximum atomic E-state index is 12.7. The van der Waals surface area contributed by atoms with E-state index in [2.05, 4.69) is 26.5 Å². The first kappa shape index (κ1) is 21.5. The molecule has 0 radical (unpaired) electrons. The number of nitro benzene ring substituents is 1. The Morgan fingerprint density at radius 1 is 1.32 bits per heavy atom. The standard InChI is InChI=1S/C17H15BrF3N3O4/c1-3-28-16-12(18)6-10(7-15(16)27-2)9-22-23-13-5-4-11(17(19,20)21)8-14(13)24(25)26/h4-9,23H,3H2,1-2H3/b22-9-. The average molecular weight is 462 g/mol. The van der Waals surface area contributed by atoms with Crippen LogP contribution in [0.4, 0.5) is 24.5 Å². The molecule has 11 heteroatoms. The van der Waals surface area contributed by atoms with Crippen LogP contribution in [0.2, 0.25) is 0 Å². The number of alkyl halides is 3. The van der Waals surface area contributed by atoms with Crippen molar-refractivity contribution in [1.82, 2.24) is 0 Å². The van der Waals surface area contributed by atoms with Crippen molar-refractivity contribution in [3.8, 4) is 11.5 Å². The van der Waals surface area contributed by atoms with Gasteiger partial charge < -0.3 is 9.47 Å². The summed E-state index contributed by atoms with van der Waals surface area (Å²) < 4.78 is 49.5. The van der Waals surface area contributed by atoms with E-state index >= 15 is 0 Å². The van der Waals surface area contributed by atoms with Crippen LogP contribution >= 0.6 is 15.9 Å². The number of methoxy groups -OCH3 is 1. The van der Waals surface area contributed by atoms with Gasteiger partial charge in [-0.2, -0.15) is 18.3 Å². The number of rotatable bonds is 7. The molecule has 0 saturated carbocycles. The Balaban J connectivity index is 2.27. The van der Waals surface area contributed by atoms with Gasteiger partial charge in [-0.1, -0.05) is 0 Å². The molecular formula is C17H15BrF3N3O4. The lowest BCUT2D eigenvalue weighted by molar-refractivity contribution is -0.384. The summed E-state index contributed by atoms with van der Waals surface area (Å²) in [6, 6.07) is 5.45. The van der Waals surface area contributed by atoms with Crippen LogP contribution in [0.1, 0.15) is 18.1 Å². The number of hydrogen-bond acceptors (Lipinski definition) is 6. The van der Waals surface area contributed by atoms with E-state index in [4.69, 9.17) is 9.47 Å². The first-order valence-corrected chi connectivity index (χ1v) is 8.61. The zero-order chi connectivity index (χ0) is 20.9. The lowest BCUT2D eigenvalue weighted by atomic mass is 10.1. The number of nitrogens with one attached hydrogen (secondary N) is 1. The third-order valence-corrected chi connectivity index (χ3v) is 4.05. The van der Waals surface area contributed by atoms with Crippen molar-refractivity contribution in [2.75, 3.05) is 19.1 Å². The van der Waals surface area contributed by atoms with Gasteiger partial charge in [0, 0.05) is 6.07 Å². The van der Waals surface area contributed by atoms with Crippen molar-refractivity contribution in [2.24, 2.45) is 5.10 Å². The zero-order valence-electron chi connectivity index (χ0n) is 14.7. The fourth-order valence-corrected chi connectivity index (χ4v) is 2.80. The third-order valence-electron chi connectivity index (χ3n) is 3.46. The van der Waals surface area contributed by atoms with E-state index in [0.29, 0.717) is 34.2 Å². The monoisotopic (exact) mass is 461 g/mol. The summed E-state index contributed by atoms with van der Waals surface area (Å²) in [4.78, 5) is 10.2. The number of nitro groups is 1. The van der Waals surface area contributed by atoms with Gasteiger partial charge in [0.1, 0.15) is 5.69 Å². The molecule has 0 fully saturated rings. The highest BCUT2D eigenvalue weighted by Crippen LogP contribution is 2.37. The topological polar surface area (TPSA) is 86.0 Å². The second-order valence-electron chi connectivity index (χ2n) is 5.32. The second-order valence-corrected chi connectivity index (χ2v) is 6.18. The Hall–Kier alpha value is -2.82. The summed E-state index contributed by atoms with van der Waals surface area (Å²) in [7, 11) is 1.47. The van der Waals surface area contributed by atoms with Gasteiger partial charge in [0.15, 0.2) is 11.5 Å². The van der Waals surface area contributed by atoms with Crippen LogP contribution in [0.5, 0.6) is 11.5 Å². The van der Waals surface area contributed by atoms with Crippen LogP contribution in [0.25, 0.3) is 0 Å². The first-order valence-electron chi connectivity index (χ1n) is 7.82. The molecule has 0 amide bonds. The molecule has 28 heavy (non-hydrogen) atoms. The normalized spacial score (nSPS) is 11.5. The minimum Gasteiger partial charge on any atom is -0.493 e. The van der Waals surface area contributed by atoms with E-state index in [1.807, 2.05) is 6.92 Å². The van der Waals surface area contributed by atoms with Gasteiger partial charge in [0.25, 0.3) is 5.69 Å². The maximum absolute atomic E-state index is 12.7. The van der Waals surface area contributed by atoms with Crippen molar-refractivity contribution in [3.63, 3.8) is 0 Å². The van der Waals surface area contributed by atoms with Gasteiger partial charge in [0.05, 0.1) is 34.9 Å². The smallest absolute Gasteiger partial charge is 0.416 e. The predicted molar refractivity (Wildman–Crippen MR) is 101 cm³/mol. The second kappa shape index (κ2) is 8.91. The molecule has 0 bridgehead atoms. The molecule has 0 unspecified atom stereocenters. The first-order chi connectivity index (χ1) is 13.2. The van der Waals surface area contributed by atoms with Gasteiger partial charge in [0.2, 0.25) is 0 Å². The highest BCUT2D eigenvalue weighted by molar-refractivity contribution is 9.10. The number of nitrogens with zero attached hydrogens (tertiary/aromatic N) is 2. The molecule has 0 saturated heterocycles. The van der Waals surface area contributed by atoms with Gasteiger partial charge in [-0.25, -0.2) is 0 Å². The maximum Gasteiger partial charge on any atom is 0.416 e. The number of halogens is 4. The molecule has 0 aliphatic heterocycles. The molecule has 2 aromatic rings. The molecular weight excluding hydrogens is 447 g/mol. The highest BCUT2D eigenvalue weighted by atomic mass is 79.9. The fourth-order valence-electron chi connectivity index (χ4n) is 2.23. The summed E-state index contributed by atoms with van der Waals surface area (Å²) in [6.45, 7) is 2.25. The summed E-state index contributed by atoms with van der Waals surface area (Å²) in [5.41, 5.74) is 0.926. The van der Waals surface area contributed by atoms with Gasteiger partial charge in [-0.3, -0.25) is 15.5 Å². The van der Waals surface area contributed by atoms with Crippen LogP contribution in [-0.2, 0) is 6.18 Å². The SMILES string of the molecule is CCOc1c(Br)cc(/C=N\Nc2ccc(C(F)(F)F)cc2[N+](=O)[O-])cc1OC. The molecule has 2 aromatic carbocycles. The number of benzene rings is 2. The van der Waals surface area contributed by atoms with Crippen molar-refractivity contribution in [1.29, 1.82) is 0 Å². The quantitative estimate of drug-likeness (QED) is 0.346. The van der Waals surface area contributed by atoms with Crippen LogP contribution in [-0.4, -0.2) is 24.9 Å². The minimum atomic E-state index is -4.68. The van der Waals surface area contributed by atoms with Gasteiger partial charge in [-0.05, 0) is 52.7 Å². The van der Waals surface area contributed by atoms with Crippen molar-refractivity contribution < 1.29 is 27.6 Å². The lowest BCUT2D eigenvalue weighted by Gasteiger charge is -2.12. The van der Waals surface area contributed by atoms with Crippen LogP contribution < -0.4 is 14.9 Å². The molecule has 0 heterocycles. The zero-order valence-corrected chi connectivity index (χ0v) is 16.3. The Kier molecular flexibility index (Phi) is 6.84. The largest absolute Gasteiger partial charge is 0.493 e. The molecule has 0 aliphatic rings. The molecule has 7 nitrogen and oxygen atoms in total. The summed E-state index contributed by atoms with van der Waals surface area (Å²) in [6.07, 6.45) is -3.35. The van der Waals surface area contributed by atoms with Crippen molar-refractivity contribution in [2.45, 2.75) is 13.1 Å². The Labute approximate surface area is 166 Å². The summed E-state index contributed by atoms with van der Waals surface area (Å²) in [5, 5.41) is 14.9. The highest BCUT2D eigenvalue weighted by Gasteiger charge is 2.33. The predicted octanol–water partition coefficient (Wildman–Crippen LogP) is 5.23. The average Bonchev–Trinajstić information content (AvgIpc) is 2.62. The van der Waals surface area contributed by atoms with E-state index < -0.39 is 22.4 Å². The van der Waals surface area contributed by atoms with Crippen LogP contribution in [0.15, 0.2) is 39.9 Å². The Morgan fingerprint density at radius 2 is 2.04 bits per heavy atom. The van der Waals surface area contributed by atoms with Crippen molar-refractivity contribution >= 4 is 33.5 Å². The van der Waals surface area contributed by atoms with E-state index in [0.717, 1.165) is 12.1 Å². The molecule has 0 spiro atoms. The molecule has 0 aliphatic carbocycles. The van der Waals surface area contributed by atoms with Gasteiger partial charge in [-0.15, -0.1) is 0 Å². The molecule has 1 N–H and O–H groups in total. The molecule has 0 aromatic heterocycles. The van der Waals surface area contributed by atoms with E-state index in [1.165, 1.54) is 13.3 Å². The third kappa shape index (κ3) is 5.12. The molecule has 0 atom stereocenters. The Bertz CT molecular complexity index is 904. The van der Waals surface area contributed by atoms with Crippen LogP contribution in [0, 0.1) is 10.1 Å². The number of hydrogen-bond donors (Lipinski definition) is 1. The van der Waals surface area contributed by atoms with Crippen LogP contribution in [0.3, 0.4) is 0 Å². The fraction of sp³-hybridized carbons (Fsp3) is 0.235. The summed E-state index contributed by atoms with van der Waals surface area (Å²) in [5.74, 6) is 0.951. The number of hydrazone groups is 1.